The Labute approximate surface area is 39.1 Å². The fourth-order valence-electron chi connectivity index (χ4n) is 0.197. The molecule has 0 saturated heterocycles. The van der Waals surface area contributed by atoms with E-state index >= 15 is 0 Å². The average Bonchev–Trinajstić information content (AvgIpc) is 2.14. The molecule has 0 saturated carbocycles. The lowest BCUT2D eigenvalue weighted by Gasteiger charge is -1.68. The van der Waals surface area contributed by atoms with E-state index in [-0.39, 0.29) is 5.84 Å². The van der Waals surface area contributed by atoms with Crippen molar-refractivity contribution >= 4 is 12.1 Å². The van der Waals surface area contributed by atoms with Gasteiger partial charge in [0.2, 0.25) is 5.84 Å². The number of hydrogen-bond acceptors (Lipinski definition) is 4. The van der Waals surface area contributed by atoms with Crippen LogP contribution in [0, 0.1) is 0 Å². The second-order valence-corrected chi connectivity index (χ2v) is 0.825. The standard InChI is InChI=1S/C2HN4O/c7-5-2-1-3-6-4-2/h7H. The van der Waals surface area contributed by atoms with E-state index in [4.69, 9.17) is 5.21 Å². The molecular formula is C2HN4O. The van der Waals surface area contributed by atoms with E-state index in [2.05, 4.69) is 26.8 Å². The summed E-state index contributed by atoms with van der Waals surface area (Å²) >= 11 is 0. The predicted molar refractivity (Wildman–Crippen MR) is 21.5 cm³/mol. The zero-order valence-corrected chi connectivity index (χ0v) is 3.24. The molecule has 5 nitrogen and oxygen atoms in total. The highest BCUT2D eigenvalue weighted by atomic mass is 16.4. The van der Waals surface area contributed by atoms with Crippen LogP contribution in [0.3, 0.4) is 0 Å². The Bertz CT molecular complexity index is 132. The fraction of sp³-hybridized carbons (Fsp3) is 0. The van der Waals surface area contributed by atoms with Gasteiger partial charge >= 0.3 is 0 Å². The number of nitrogens with zero attached hydrogens (tertiary/aromatic N) is 4. The molecule has 0 spiro atoms. The second kappa shape index (κ2) is 1.46. The van der Waals surface area contributed by atoms with Crippen molar-refractivity contribution in [3.05, 3.63) is 0 Å². The molecule has 1 aliphatic rings. The van der Waals surface area contributed by atoms with Crippen LogP contribution in [0.25, 0.3) is 0 Å². The summed E-state index contributed by atoms with van der Waals surface area (Å²) in [5.74, 6) is 0.0139. The highest BCUT2D eigenvalue weighted by Gasteiger charge is 1.96. The zero-order chi connectivity index (χ0) is 5.11. The van der Waals surface area contributed by atoms with Gasteiger partial charge in [0.05, 0.1) is 0 Å². The lowest BCUT2D eigenvalue weighted by Crippen LogP contribution is -1.87. The van der Waals surface area contributed by atoms with Crippen LogP contribution in [0.1, 0.15) is 0 Å². The van der Waals surface area contributed by atoms with Crippen LogP contribution in [0.5, 0.6) is 0 Å². The Morgan fingerprint density at radius 2 is 2.57 bits per heavy atom. The minimum atomic E-state index is 0.0139. The molecule has 35 valence electrons. The average molecular weight is 97.1 g/mol. The van der Waals surface area contributed by atoms with Crippen LogP contribution >= 0.6 is 0 Å². The van der Waals surface area contributed by atoms with Crippen molar-refractivity contribution in [2.45, 2.75) is 0 Å². The number of hydrogen-bond donors (Lipinski definition) is 1. The number of rotatable bonds is 0. The first-order chi connectivity index (χ1) is 3.43. The predicted octanol–water partition coefficient (Wildman–Crippen LogP) is 0.103. The van der Waals surface area contributed by atoms with E-state index in [9.17, 15) is 0 Å². The van der Waals surface area contributed by atoms with Gasteiger partial charge in [-0.15, -0.1) is 10.2 Å². The third-order valence-electron chi connectivity index (χ3n) is 0.429. The summed E-state index contributed by atoms with van der Waals surface area (Å²) in [5.41, 5.74) is 0. The molecule has 0 aromatic rings. The first-order valence-corrected chi connectivity index (χ1v) is 1.52. The van der Waals surface area contributed by atoms with Crippen molar-refractivity contribution in [2.75, 3.05) is 0 Å². The highest BCUT2D eigenvalue weighted by Crippen LogP contribution is 1.87. The molecule has 0 amide bonds. The van der Waals surface area contributed by atoms with Crippen LogP contribution < -0.4 is 0 Å². The summed E-state index contributed by atoms with van der Waals surface area (Å²) < 4.78 is 0. The summed E-state index contributed by atoms with van der Waals surface area (Å²) in [6, 6.07) is 0. The molecule has 1 heterocycles. The van der Waals surface area contributed by atoms with Gasteiger partial charge in [0.15, 0.2) is 6.21 Å². The molecule has 0 aromatic heterocycles. The topological polar surface area (TPSA) is 69.7 Å². The molecule has 0 bridgehead atoms. The van der Waals surface area contributed by atoms with Gasteiger partial charge in [-0.1, -0.05) is 5.16 Å². The van der Waals surface area contributed by atoms with Gasteiger partial charge in [0.25, 0.3) is 0 Å². The van der Waals surface area contributed by atoms with Gasteiger partial charge in [-0.05, 0) is 5.22 Å². The first-order valence-electron chi connectivity index (χ1n) is 1.52. The Hall–Kier alpha value is -1.26. The molecule has 1 radical (unpaired) electrons. The van der Waals surface area contributed by atoms with Gasteiger partial charge in [0, 0.05) is 0 Å². The molecular weight excluding hydrogens is 96.0 g/mol. The summed E-state index contributed by atoms with van der Waals surface area (Å²) in [6.45, 7) is 0. The Morgan fingerprint density at radius 1 is 1.71 bits per heavy atom. The zero-order valence-electron chi connectivity index (χ0n) is 3.24. The van der Waals surface area contributed by atoms with Crippen LogP contribution in [0.4, 0.5) is 0 Å². The Kier molecular flexibility index (Phi) is 0.816. The lowest BCUT2D eigenvalue weighted by atomic mass is 10.7. The van der Waals surface area contributed by atoms with Crippen molar-refractivity contribution in [3.8, 4) is 0 Å². The summed E-state index contributed by atoms with van der Waals surface area (Å²) in [7, 11) is 0. The molecule has 1 rings (SSSR count). The molecule has 7 heavy (non-hydrogen) atoms. The smallest absolute Gasteiger partial charge is 0.244 e. The lowest BCUT2D eigenvalue weighted by molar-refractivity contribution is 0.319. The van der Waals surface area contributed by atoms with Crippen LogP contribution in [0.15, 0.2) is 20.6 Å². The highest BCUT2D eigenvalue weighted by molar-refractivity contribution is 6.30. The van der Waals surface area contributed by atoms with Crippen molar-refractivity contribution in [1.82, 2.24) is 0 Å². The molecule has 0 fully saturated rings. The molecule has 0 unspecified atom stereocenters. The van der Waals surface area contributed by atoms with Crippen molar-refractivity contribution in [2.24, 2.45) is 20.6 Å². The monoisotopic (exact) mass is 97.0 g/mol. The van der Waals surface area contributed by atoms with Gasteiger partial charge in [0.1, 0.15) is 0 Å². The van der Waals surface area contributed by atoms with Crippen molar-refractivity contribution in [1.29, 1.82) is 0 Å². The molecule has 0 aliphatic carbocycles. The molecule has 0 atom stereocenters. The molecule has 1 aliphatic heterocycles. The molecule has 5 heteroatoms. The normalized spacial score (nSPS) is 22.0. The third kappa shape index (κ3) is 0.594. The van der Waals surface area contributed by atoms with E-state index in [0.29, 0.717) is 0 Å². The van der Waals surface area contributed by atoms with Crippen molar-refractivity contribution < 1.29 is 5.21 Å². The van der Waals surface area contributed by atoms with Gasteiger partial charge in [-0.2, -0.15) is 0 Å². The summed E-state index contributed by atoms with van der Waals surface area (Å²) in [4.78, 5) is 0. The van der Waals surface area contributed by atoms with Crippen molar-refractivity contribution in [3.63, 3.8) is 0 Å². The van der Waals surface area contributed by atoms with Gasteiger partial charge in [-0.3, -0.25) is 0 Å². The Morgan fingerprint density at radius 3 is 2.86 bits per heavy atom. The molecule has 1 N–H and O–H groups in total. The maximum Gasteiger partial charge on any atom is 0.244 e. The number of amidine groups is 1. The molecule has 0 aromatic carbocycles. The number of oxime groups is 1. The van der Waals surface area contributed by atoms with E-state index in [1.54, 1.807) is 0 Å². The summed E-state index contributed by atoms with van der Waals surface area (Å²) in [6.07, 6.45) is 2.20. The Balaban J connectivity index is 2.79. The SMILES string of the molecule is ON=C1[C]=NN=N1. The quantitative estimate of drug-likeness (QED) is 0.338. The van der Waals surface area contributed by atoms with Crippen LogP contribution in [-0.4, -0.2) is 17.3 Å². The fourth-order valence-corrected chi connectivity index (χ4v) is 0.197. The second-order valence-electron chi connectivity index (χ2n) is 0.825. The van der Waals surface area contributed by atoms with Crippen LogP contribution in [-0.2, 0) is 0 Å². The maximum atomic E-state index is 7.88. The third-order valence-corrected chi connectivity index (χ3v) is 0.429. The van der Waals surface area contributed by atoms with E-state index in [0.717, 1.165) is 0 Å². The van der Waals surface area contributed by atoms with Gasteiger partial charge in [-0.25, -0.2) is 0 Å². The maximum absolute atomic E-state index is 7.88. The summed E-state index contributed by atoms with van der Waals surface area (Å²) in [5, 5.41) is 20.0. The minimum absolute atomic E-state index is 0.0139. The van der Waals surface area contributed by atoms with E-state index < -0.39 is 0 Å². The van der Waals surface area contributed by atoms with E-state index in [1.165, 1.54) is 0 Å². The largest absolute Gasteiger partial charge is 0.409 e. The minimum Gasteiger partial charge on any atom is -0.409 e. The van der Waals surface area contributed by atoms with E-state index in [1.807, 2.05) is 0 Å². The van der Waals surface area contributed by atoms with Gasteiger partial charge < -0.3 is 5.21 Å². The first kappa shape index (κ1) is 3.91. The van der Waals surface area contributed by atoms with Crippen LogP contribution in [0.2, 0.25) is 0 Å².